The molecule has 0 N–H and O–H groups in total. The molecular formula is C26H23NS. The lowest BCUT2D eigenvalue weighted by atomic mass is 10.1. The van der Waals surface area contributed by atoms with Gasteiger partial charge in [-0.2, -0.15) is 0 Å². The van der Waals surface area contributed by atoms with Crippen LogP contribution in [0.3, 0.4) is 0 Å². The van der Waals surface area contributed by atoms with E-state index in [4.69, 9.17) is 0 Å². The third kappa shape index (κ3) is 4.29. The van der Waals surface area contributed by atoms with E-state index < -0.39 is 0 Å². The summed E-state index contributed by atoms with van der Waals surface area (Å²) in [5.74, 6) is 0. The maximum absolute atomic E-state index is 2.28. The first-order valence-electron chi connectivity index (χ1n) is 9.40. The van der Waals surface area contributed by atoms with E-state index in [-0.39, 0.29) is 0 Å². The summed E-state index contributed by atoms with van der Waals surface area (Å²) in [7, 11) is 4.13. The van der Waals surface area contributed by atoms with Crippen LogP contribution < -0.4 is 4.90 Å². The van der Waals surface area contributed by atoms with Crippen LogP contribution in [0.2, 0.25) is 0 Å². The molecule has 138 valence electrons. The summed E-state index contributed by atoms with van der Waals surface area (Å²) in [5.41, 5.74) is 6.14. The standard InChI is InChI=1S/C26H23NS/c1-27(2)24-15-13-20(14-16-24)17-21-18-25(22-9-5-3-6-10-22)28-26(19-21)23-11-7-4-8-12-23/h3-19H,1-2H3. The van der Waals surface area contributed by atoms with Crippen molar-refractivity contribution in [3.8, 4) is 0 Å². The largest absolute Gasteiger partial charge is 0.378 e. The molecule has 0 spiro atoms. The Morgan fingerprint density at radius 3 is 1.61 bits per heavy atom. The number of rotatable bonds is 4. The molecule has 28 heavy (non-hydrogen) atoms. The molecule has 0 saturated carbocycles. The smallest absolute Gasteiger partial charge is 0.0361 e. The second-order valence-electron chi connectivity index (χ2n) is 6.98. The first-order valence-corrected chi connectivity index (χ1v) is 10.2. The molecule has 0 bridgehead atoms. The van der Waals surface area contributed by atoms with Crippen LogP contribution in [0.5, 0.6) is 0 Å². The number of benzene rings is 3. The van der Waals surface area contributed by atoms with Crippen molar-refractivity contribution in [3.05, 3.63) is 119 Å². The van der Waals surface area contributed by atoms with E-state index in [1.54, 1.807) is 0 Å². The number of nitrogens with zero attached hydrogens (tertiary/aromatic N) is 1. The van der Waals surface area contributed by atoms with Crippen molar-refractivity contribution in [2.75, 3.05) is 19.0 Å². The number of anilines is 1. The normalized spacial score (nSPS) is 13.6. The van der Waals surface area contributed by atoms with Crippen LogP contribution in [0.15, 0.2) is 103 Å². The maximum Gasteiger partial charge on any atom is 0.0361 e. The van der Waals surface area contributed by atoms with Gasteiger partial charge in [0, 0.05) is 29.6 Å². The minimum atomic E-state index is 1.21. The van der Waals surface area contributed by atoms with Gasteiger partial charge >= 0.3 is 0 Å². The summed E-state index contributed by atoms with van der Waals surface area (Å²) in [6, 6.07) is 29.9. The number of hydrogen-bond donors (Lipinski definition) is 0. The molecule has 0 aromatic heterocycles. The van der Waals surface area contributed by atoms with E-state index in [9.17, 15) is 0 Å². The average Bonchev–Trinajstić information content (AvgIpc) is 2.75. The predicted molar refractivity (Wildman–Crippen MR) is 125 cm³/mol. The molecule has 1 aliphatic rings. The Bertz CT molecular complexity index is 969. The van der Waals surface area contributed by atoms with Crippen LogP contribution in [0.1, 0.15) is 16.7 Å². The fourth-order valence-corrected chi connectivity index (χ4v) is 4.29. The topological polar surface area (TPSA) is 3.24 Å². The molecule has 0 fully saturated rings. The molecule has 3 aromatic carbocycles. The molecule has 4 rings (SSSR count). The fraction of sp³-hybridized carbons (Fsp3) is 0.0769. The average molecular weight is 382 g/mol. The molecule has 1 aliphatic heterocycles. The van der Waals surface area contributed by atoms with Crippen LogP contribution >= 0.6 is 11.8 Å². The van der Waals surface area contributed by atoms with Gasteiger partial charge in [-0.25, -0.2) is 0 Å². The van der Waals surface area contributed by atoms with Crippen LogP contribution in [0.25, 0.3) is 15.9 Å². The minimum absolute atomic E-state index is 1.21. The number of hydrogen-bond acceptors (Lipinski definition) is 2. The van der Waals surface area contributed by atoms with Crippen molar-refractivity contribution in [2.45, 2.75) is 0 Å². The summed E-state index contributed by atoms with van der Waals surface area (Å²) in [6.07, 6.45) is 6.82. The Labute approximate surface area is 171 Å². The summed E-state index contributed by atoms with van der Waals surface area (Å²) in [6.45, 7) is 0. The first kappa shape index (κ1) is 18.4. The highest BCUT2D eigenvalue weighted by Gasteiger charge is 2.14. The summed E-state index contributed by atoms with van der Waals surface area (Å²) in [4.78, 5) is 4.67. The zero-order chi connectivity index (χ0) is 19.3. The van der Waals surface area contributed by atoms with Crippen molar-refractivity contribution in [2.24, 2.45) is 0 Å². The highest BCUT2D eigenvalue weighted by molar-refractivity contribution is 8.16. The molecule has 1 heterocycles. The van der Waals surface area contributed by atoms with Crippen LogP contribution in [-0.2, 0) is 0 Å². The Morgan fingerprint density at radius 2 is 1.14 bits per heavy atom. The van der Waals surface area contributed by atoms with Crippen LogP contribution in [0, 0.1) is 0 Å². The number of thioether (sulfide) groups is 1. The Hall–Kier alpha value is -2.97. The zero-order valence-corrected chi connectivity index (χ0v) is 17.0. The predicted octanol–water partition coefficient (Wildman–Crippen LogP) is 6.97. The Balaban J connectivity index is 1.74. The van der Waals surface area contributed by atoms with Gasteiger partial charge in [-0.3, -0.25) is 0 Å². The maximum atomic E-state index is 2.28. The van der Waals surface area contributed by atoms with Crippen LogP contribution in [-0.4, -0.2) is 14.1 Å². The Morgan fingerprint density at radius 1 is 0.643 bits per heavy atom. The lowest BCUT2D eigenvalue weighted by Crippen LogP contribution is -2.07. The molecule has 0 saturated heterocycles. The van der Waals surface area contributed by atoms with Crippen molar-refractivity contribution in [3.63, 3.8) is 0 Å². The van der Waals surface area contributed by atoms with Gasteiger partial charge in [-0.05, 0) is 52.6 Å². The monoisotopic (exact) mass is 381 g/mol. The third-order valence-electron chi connectivity index (χ3n) is 4.67. The van der Waals surface area contributed by atoms with Gasteiger partial charge in [0.2, 0.25) is 0 Å². The van der Waals surface area contributed by atoms with Gasteiger partial charge in [0.05, 0.1) is 0 Å². The SMILES string of the molecule is CN(C)c1ccc(C=C2C=C(c3ccccc3)SC(c3ccccc3)=C2)cc1. The van der Waals surface area contributed by atoms with Gasteiger partial charge < -0.3 is 4.90 Å². The minimum Gasteiger partial charge on any atom is -0.378 e. The third-order valence-corrected chi connectivity index (χ3v) is 5.82. The van der Waals surface area contributed by atoms with Gasteiger partial charge in [0.1, 0.15) is 0 Å². The van der Waals surface area contributed by atoms with E-state index in [0.29, 0.717) is 0 Å². The summed E-state index contributed by atoms with van der Waals surface area (Å²) in [5, 5.41) is 0. The van der Waals surface area contributed by atoms with Gasteiger partial charge in [-0.1, -0.05) is 84.6 Å². The highest BCUT2D eigenvalue weighted by Crippen LogP contribution is 2.44. The van der Waals surface area contributed by atoms with Crippen molar-refractivity contribution in [1.29, 1.82) is 0 Å². The van der Waals surface area contributed by atoms with E-state index in [1.807, 2.05) is 11.8 Å². The molecule has 2 heteroatoms. The quantitative estimate of drug-likeness (QED) is 0.480. The Kier molecular flexibility index (Phi) is 5.50. The summed E-state index contributed by atoms with van der Waals surface area (Å²) >= 11 is 1.83. The molecule has 0 amide bonds. The van der Waals surface area contributed by atoms with Gasteiger partial charge in [0.25, 0.3) is 0 Å². The number of allylic oxidation sites excluding steroid dienone is 3. The van der Waals surface area contributed by atoms with E-state index in [2.05, 4.69) is 122 Å². The molecule has 0 radical (unpaired) electrons. The fourth-order valence-electron chi connectivity index (χ4n) is 3.16. The second kappa shape index (κ2) is 8.37. The van der Waals surface area contributed by atoms with Crippen molar-refractivity contribution in [1.82, 2.24) is 0 Å². The lowest BCUT2D eigenvalue weighted by molar-refractivity contribution is 1.13. The molecule has 3 aromatic rings. The van der Waals surface area contributed by atoms with E-state index in [1.165, 1.54) is 37.8 Å². The molecular weight excluding hydrogens is 358 g/mol. The van der Waals surface area contributed by atoms with E-state index >= 15 is 0 Å². The van der Waals surface area contributed by atoms with E-state index in [0.717, 1.165) is 0 Å². The van der Waals surface area contributed by atoms with Crippen molar-refractivity contribution < 1.29 is 0 Å². The first-order chi connectivity index (χ1) is 13.7. The zero-order valence-electron chi connectivity index (χ0n) is 16.2. The van der Waals surface area contributed by atoms with Gasteiger partial charge in [-0.15, -0.1) is 0 Å². The highest BCUT2D eigenvalue weighted by atomic mass is 32.2. The second-order valence-corrected chi connectivity index (χ2v) is 8.07. The van der Waals surface area contributed by atoms with Crippen LogP contribution in [0.4, 0.5) is 5.69 Å². The van der Waals surface area contributed by atoms with Gasteiger partial charge in [0.15, 0.2) is 0 Å². The molecule has 0 unspecified atom stereocenters. The van der Waals surface area contributed by atoms with Crippen molar-refractivity contribution >= 4 is 33.3 Å². The molecule has 0 aliphatic carbocycles. The molecule has 1 nitrogen and oxygen atoms in total. The molecule has 0 atom stereocenters. The lowest BCUT2D eigenvalue weighted by Gasteiger charge is -2.17. The summed E-state index contributed by atoms with van der Waals surface area (Å²) < 4.78 is 0.